The Morgan fingerprint density at radius 1 is 0.818 bits per heavy atom. The van der Waals surface area contributed by atoms with Crippen molar-refractivity contribution in [1.29, 1.82) is 0 Å². The van der Waals surface area contributed by atoms with Gasteiger partial charge in [-0.15, -0.1) is 0 Å². The van der Waals surface area contributed by atoms with Gasteiger partial charge in [-0.05, 0) is 0 Å². The second kappa shape index (κ2) is 8.76. The van der Waals surface area contributed by atoms with Gasteiger partial charge in [-0.2, -0.15) is 0 Å². The van der Waals surface area contributed by atoms with Crippen LogP contribution < -0.4 is 3.58 Å². The molecule has 118 valence electrons. The molecular formula is C21H30Sn. The number of unbranched alkanes of at least 4 members (excludes halogenated alkanes) is 1. The molecule has 0 heterocycles. The molecule has 0 bridgehead atoms. The molecule has 0 fully saturated rings. The molecule has 2 atom stereocenters. The van der Waals surface area contributed by atoms with Crippen LogP contribution in [0.1, 0.15) is 49.0 Å². The van der Waals surface area contributed by atoms with E-state index in [9.17, 15) is 0 Å². The van der Waals surface area contributed by atoms with Crippen molar-refractivity contribution in [3.63, 3.8) is 0 Å². The predicted octanol–water partition coefficient (Wildman–Crippen LogP) is 5.90. The van der Waals surface area contributed by atoms with Crippen molar-refractivity contribution in [2.75, 3.05) is 0 Å². The summed E-state index contributed by atoms with van der Waals surface area (Å²) in [6.45, 7) is 4.67. The third-order valence-corrected chi connectivity index (χ3v) is 19.9. The molecule has 0 aromatic heterocycles. The molecule has 0 saturated heterocycles. The molecular weight excluding hydrogens is 371 g/mol. The fraction of sp³-hybridized carbons (Fsp3) is 0.429. The summed E-state index contributed by atoms with van der Waals surface area (Å²) in [6.07, 6.45) is 5.32. The van der Waals surface area contributed by atoms with Gasteiger partial charge in [-0.1, -0.05) is 0 Å². The maximum absolute atomic E-state index is 2.69. The summed E-state index contributed by atoms with van der Waals surface area (Å²) < 4.78 is 3.97. The van der Waals surface area contributed by atoms with E-state index in [1.807, 2.05) is 0 Å². The van der Waals surface area contributed by atoms with E-state index in [1.165, 1.54) is 30.1 Å². The normalized spacial score (nSPS) is 15.2. The van der Waals surface area contributed by atoms with E-state index < -0.39 is 18.4 Å². The predicted molar refractivity (Wildman–Crippen MR) is 102 cm³/mol. The van der Waals surface area contributed by atoms with E-state index in [4.69, 9.17) is 0 Å². The van der Waals surface area contributed by atoms with Crippen LogP contribution in [0, 0.1) is 0 Å². The summed E-state index contributed by atoms with van der Waals surface area (Å²) in [7, 11) is 0. The van der Waals surface area contributed by atoms with E-state index in [0.29, 0.717) is 0 Å². The van der Waals surface area contributed by atoms with Gasteiger partial charge in [-0.3, -0.25) is 0 Å². The second-order valence-electron chi connectivity index (χ2n) is 6.64. The van der Waals surface area contributed by atoms with Crippen LogP contribution >= 0.6 is 0 Å². The van der Waals surface area contributed by atoms with Gasteiger partial charge in [0.05, 0.1) is 0 Å². The number of benzene rings is 2. The summed E-state index contributed by atoms with van der Waals surface area (Å²) in [5, 5.41) is 0. The first-order valence-corrected chi connectivity index (χ1v) is 16.8. The fourth-order valence-electron chi connectivity index (χ4n) is 3.71. The molecule has 2 aromatic rings. The van der Waals surface area contributed by atoms with Crippen LogP contribution in [-0.2, 0) is 0 Å². The van der Waals surface area contributed by atoms with E-state index in [0.717, 1.165) is 3.93 Å². The van der Waals surface area contributed by atoms with Gasteiger partial charge in [0, 0.05) is 0 Å². The summed E-state index contributed by atoms with van der Waals surface area (Å²) in [4.78, 5) is 2.69. The molecule has 0 saturated carbocycles. The molecule has 2 rings (SSSR count). The van der Waals surface area contributed by atoms with Crippen molar-refractivity contribution < 1.29 is 0 Å². The third-order valence-electron chi connectivity index (χ3n) is 5.03. The Balaban J connectivity index is 2.44. The van der Waals surface area contributed by atoms with E-state index in [2.05, 4.69) is 79.5 Å². The topological polar surface area (TPSA) is 0 Å². The first kappa shape index (κ1) is 17.6. The molecule has 0 aliphatic heterocycles. The molecule has 0 aliphatic carbocycles. The van der Waals surface area contributed by atoms with Gasteiger partial charge < -0.3 is 0 Å². The number of rotatable bonds is 8. The van der Waals surface area contributed by atoms with Crippen molar-refractivity contribution in [2.45, 2.75) is 52.8 Å². The van der Waals surface area contributed by atoms with Crippen LogP contribution in [0.3, 0.4) is 0 Å². The minimum absolute atomic E-state index is 0.800. The summed E-state index contributed by atoms with van der Waals surface area (Å²) in [5.41, 5.74) is 1.59. The first-order valence-electron chi connectivity index (χ1n) is 8.82. The van der Waals surface area contributed by atoms with Crippen LogP contribution in [0.5, 0.6) is 0 Å². The quantitative estimate of drug-likeness (QED) is 0.484. The Morgan fingerprint density at radius 3 is 1.95 bits per heavy atom. The molecule has 2 aromatic carbocycles. The zero-order valence-corrected chi connectivity index (χ0v) is 17.2. The average Bonchev–Trinajstić information content (AvgIpc) is 2.59. The van der Waals surface area contributed by atoms with E-state index in [-0.39, 0.29) is 0 Å². The summed E-state index contributed by atoms with van der Waals surface area (Å²) >= 11 is -2.44. The Kier molecular flexibility index (Phi) is 7.01. The summed E-state index contributed by atoms with van der Waals surface area (Å²) in [5.74, 6) is 0. The minimum atomic E-state index is -2.44. The molecule has 0 spiro atoms. The summed E-state index contributed by atoms with van der Waals surface area (Å²) in [6, 6.07) is 22.8. The molecule has 2 unspecified atom stereocenters. The fourth-order valence-corrected chi connectivity index (χ4v) is 17.8. The number of hydrogen-bond acceptors (Lipinski definition) is 0. The number of hydrogen-bond donors (Lipinski definition) is 0. The molecule has 0 nitrogen and oxygen atoms in total. The molecule has 0 amide bonds. The Labute approximate surface area is 140 Å². The van der Waals surface area contributed by atoms with Crippen molar-refractivity contribution in [3.05, 3.63) is 66.2 Å². The van der Waals surface area contributed by atoms with Gasteiger partial charge in [0.1, 0.15) is 0 Å². The molecule has 0 radical (unpaired) electrons. The van der Waals surface area contributed by atoms with Gasteiger partial charge in [-0.25, -0.2) is 0 Å². The van der Waals surface area contributed by atoms with E-state index in [1.54, 1.807) is 9.14 Å². The van der Waals surface area contributed by atoms with Crippen molar-refractivity contribution in [3.8, 4) is 0 Å². The van der Waals surface area contributed by atoms with Crippen LogP contribution in [0.15, 0.2) is 60.7 Å². The molecule has 0 N–H and O–H groups in total. The molecule has 0 aliphatic rings. The van der Waals surface area contributed by atoms with Crippen LogP contribution in [0.25, 0.3) is 0 Å². The van der Waals surface area contributed by atoms with Gasteiger partial charge in [0.2, 0.25) is 0 Å². The van der Waals surface area contributed by atoms with Crippen LogP contribution in [0.4, 0.5) is 0 Å². The second-order valence-corrected chi connectivity index (χ2v) is 19.8. The Hall–Kier alpha value is -0.761. The van der Waals surface area contributed by atoms with Crippen molar-refractivity contribution in [1.82, 2.24) is 0 Å². The van der Waals surface area contributed by atoms with E-state index >= 15 is 0 Å². The van der Waals surface area contributed by atoms with Crippen LogP contribution in [0.2, 0.25) is 9.38 Å². The monoisotopic (exact) mass is 402 g/mol. The van der Waals surface area contributed by atoms with Gasteiger partial charge >= 0.3 is 141 Å². The average molecular weight is 401 g/mol. The van der Waals surface area contributed by atoms with Crippen molar-refractivity contribution >= 4 is 22.0 Å². The van der Waals surface area contributed by atoms with Gasteiger partial charge in [0.15, 0.2) is 0 Å². The third kappa shape index (κ3) is 4.16. The van der Waals surface area contributed by atoms with Gasteiger partial charge in [0.25, 0.3) is 0 Å². The zero-order chi connectivity index (χ0) is 15.8. The molecule has 1 heteroatoms. The van der Waals surface area contributed by atoms with Crippen molar-refractivity contribution in [2.24, 2.45) is 0 Å². The zero-order valence-electron chi connectivity index (χ0n) is 14.4. The molecule has 22 heavy (non-hydrogen) atoms. The Morgan fingerprint density at radius 2 is 1.41 bits per heavy atom. The first-order chi connectivity index (χ1) is 10.7. The van der Waals surface area contributed by atoms with Crippen LogP contribution in [-0.4, -0.2) is 18.4 Å². The SMILES string of the molecule is CCC[CH2][Sn]([CH3])([c]1ccccc1)[CH](CCC)c1ccccc1. The Bertz CT molecular complexity index is 534. The standard InChI is InChI=1S/C10H13.C6H5.C4H9.CH3.Sn/c1-2-3-7-10-8-5-4-6-9-10;1-2-4-6-5-3-1;1-3-4-2;;/h4-9H,2-3H2,1H3;1-5H;1,3-4H2,2H3;1H3;. The maximum atomic E-state index is 2.69.